The first-order valence-electron chi connectivity index (χ1n) is 15.7. The molecule has 3 atom stereocenters. The molecule has 3 unspecified atom stereocenters. The molecule has 37 heavy (non-hydrogen) atoms. The predicted molar refractivity (Wildman–Crippen MR) is 159 cm³/mol. The molecule has 0 rings (SSSR count). The number of ether oxygens (including phenoxy) is 3. The van der Waals surface area contributed by atoms with Gasteiger partial charge in [0.25, 0.3) is 0 Å². The van der Waals surface area contributed by atoms with E-state index in [2.05, 4.69) is 81.9 Å². The predicted octanol–water partition coefficient (Wildman–Crippen LogP) is 5.74. The van der Waals surface area contributed by atoms with Crippen LogP contribution >= 0.6 is 0 Å². The van der Waals surface area contributed by atoms with Crippen molar-refractivity contribution >= 4 is 0 Å². The number of rotatable bonds is 27. The summed E-state index contributed by atoms with van der Waals surface area (Å²) in [5.41, 5.74) is 0. The Morgan fingerprint density at radius 2 is 0.595 bits per heavy atom. The van der Waals surface area contributed by atoms with Crippen LogP contribution in [0.25, 0.3) is 0 Å². The van der Waals surface area contributed by atoms with Crippen molar-refractivity contribution < 1.29 is 14.2 Å². The zero-order valence-corrected chi connectivity index (χ0v) is 26.5. The summed E-state index contributed by atoms with van der Waals surface area (Å²) >= 11 is 0. The number of nitrogens with zero attached hydrogens (tertiary/aromatic N) is 4. The van der Waals surface area contributed by atoms with Crippen LogP contribution < -0.4 is 0 Å². The minimum absolute atomic E-state index is 0.0834. The molecule has 0 N–H and O–H groups in total. The molecule has 0 amide bonds. The van der Waals surface area contributed by atoms with E-state index in [0.717, 1.165) is 78.7 Å². The van der Waals surface area contributed by atoms with E-state index in [-0.39, 0.29) is 18.7 Å². The van der Waals surface area contributed by atoms with Gasteiger partial charge in [0.05, 0.1) is 19.8 Å². The van der Waals surface area contributed by atoms with Gasteiger partial charge >= 0.3 is 0 Å². The third-order valence-electron chi connectivity index (χ3n) is 6.80. The highest BCUT2D eigenvalue weighted by Crippen LogP contribution is 2.15. The smallest absolute Gasteiger partial charge is 0.111 e. The average Bonchev–Trinajstić information content (AvgIpc) is 2.85. The molecule has 0 saturated heterocycles. The van der Waals surface area contributed by atoms with Gasteiger partial charge < -0.3 is 28.9 Å². The molecular weight excluding hydrogens is 464 g/mol. The fourth-order valence-electron chi connectivity index (χ4n) is 5.11. The van der Waals surface area contributed by atoms with E-state index in [1.807, 2.05) is 0 Å². The van der Waals surface area contributed by atoms with Gasteiger partial charge in [0.2, 0.25) is 0 Å². The third kappa shape index (κ3) is 17.8. The zero-order chi connectivity index (χ0) is 27.9. The van der Waals surface area contributed by atoms with E-state index in [1.165, 1.54) is 38.5 Å². The quantitative estimate of drug-likeness (QED) is 0.125. The van der Waals surface area contributed by atoms with Gasteiger partial charge in [0, 0.05) is 19.6 Å². The van der Waals surface area contributed by atoms with Crippen LogP contribution in [0.1, 0.15) is 101 Å². The second kappa shape index (κ2) is 24.7. The molecule has 0 radical (unpaired) electrons. The van der Waals surface area contributed by atoms with E-state index in [9.17, 15) is 0 Å². The maximum Gasteiger partial charge on any atom is 0.111 e. The largest absolute Gasteiger partial charge is 0.362 e. The first kappa shape index (κ1) is 36.7. The number of hydrogen-bond donors (Lipinski definition) is 0. The van der Waals surface area contributed by atoms with Crippen LogP contribution in [0.4, 0.5) is 0 Å². The van der Waals surface area contributed by atoms with Crippen LogP contribution in [0.3, 0.4) is 0 Å². The van der Waals surface area contributed by atoms with Crippen molar-refractivity contribution in [2.24, 2.45) is 0 Å². The van der Waals surface area contributed by atoms with E-state index in [1.54, 1.807) is 0 Å². The second-order valence-corrected chi connectivity index (χ2v) is 10.4. The molecular formula is C30H66N4O3. The minimum atomic E-state index is -0.0834. The maximum absolute atomic E-state index is 6.38. The van der Waals surface area contributed by atoms with Gasteiger partial charge in [-0.1, -0.05) is 41.5 Å². The molecule has 0 fully saturated rings. The van der Waals surface area contributed by atoms with Crippen molar-refractivity contribution in [2.45, 2.75) is 120 Å². The average molecular weight is 531 g/mol. The Labute approximate surface area is 232 Å². The van der Waals surface area contributed by atoms with E-state index >= 15 is 0 Å². The Morgan fingerprint density at radius 1 is 0.378 bits per heavy atom. The van der Waals surface area contributed by atoms with Gasteiger partial charge in [-0.05, 0) is 98.6 Å². The van der Waals surface area contributed by atoms with Gasteiger partial charge in [-0.25, -0.2) is 4.90 Å². The lowest BCUT2D eigenvalue weighted by atomic mass is 10.3. The highest BCUT2D eigenvalue weighted by atomic mass is 16.6. The van der Waals surface area contributed by atoms with Crippen molar-refractivity contribution in [3.8, 4) is 0 Å². The van der Waals surface area contributed by atoms with Crippen molar-refractivity contribution in [2.75, 3.05) is 78.7 Å². The van der Waals surface area contributed by atoms with Crippen LogP contribution in [-0.4, -0.2) is 117 Å². The van der Waals surface area contributed by atoms with E-state index in [4.69, 9.17) is 14.2 Å². The Bertz CT molecular complexity index is 401. The topological polar surface area (TPSA) is 40.6 Å². The SMILES string of the molecule is CCCN(CCC)CCOC(C)N(C(C)OCCN(CCC)CCC)C(C)OCCN(CCC)CCC. The normalized spacial score (nSPS) is 14.8. The van der Waals surface area contributed by atoms with Crippen LogP contribution in [0.2, 0.25) is 0 Å². The lowest BCUT2D eigenvalue weighted by molar-refractivity contribution is -0.211. The molecule has 0 aromatic rings. The summed E-state index contributed by atoms with van der Waals surface area (Å²) in [6.07, 6.45) is 6.82. The molecule has 0 aromatic heterocycles. The van der Waals surface area contributed by atoms with Gasteiger partial charge in [-0.2, -0.15) is 0 Å². The minimum Gasteiger partial charge on any atom is -0.362 e. The fourth-order valence-corrected chi connectivity index (χ4v) is 5.11. The Hall–Kier alpha value is -0.280. The lowest BCUT2D eigenvalue weighted by Gasteiger charge is -2.39. The Morgan fingerprint density at radius 3 is 0.784 bits per heavy atom. The highest BCUT2D eigenvalue weighted by Gasteiger charge is 2.27. The van der Waals surface area contributed by atoms with Crippen molar-refractivity contribution in [3.63, 3.8) is 0 Å². The van der Waals surface area contributed by atoms with Crippen molar-refractivity contribution in [1.82, 2.24) is 19.6 Å². The fraction of sp³-hybridized carbons (Fsp3) is 1.00. The summed E-state index contributed by atoms with van der Waals surface area (Å²) in [6.45, 7) is 31.8. The van der Waals surface area contributed by atoms with Crippen molar-refractivity contribution in [1.29, 1.82) is 0 Å². The standard InChI is InChI=1S/C30H66N4O3/c1-10-16-31(17-11-2)22-25-35-28(7)34(29(8)36-26-23-32(18-12-3)19-13-4)30(9)37-27-24-33(20-14-5)21-15-6/h28-30H,10-27H2,1-9H3. The molecule has 0 aliphatic rings. The van der Waals surface area contributed by atoms with Gasteiger partial charge in [-0.3, -0.25) is 0 Å². The highest BCUT2D eigenvalue weighted by molar-refractivity contribution is 4.67. The molecule has 0 saturated carbocycles. The van der Waals surface area contributed by atoms with E-state index < -0.39 is 0 Å². The molecule has 0 spiro atoms. The first-order valence-corrected chi connectivity index (χ1v) is 15.7. The third-order valence-corrected chi connectivity index (χ3v) is 6.80. The summed E-state index contributed by atoms with van der Waals surface area (Å²) in [4.78, 5) is 9.77. The van der Waals surface area contributed by atoms with Crippen LogP contribution in [0.5, 0.6) is 0 Å². The summed E-state index contributed by atoms with van der Waals surface area (Å²) < 4.78 is 19.1. The Kier molecular flexibility index (Phi) is 24.6. The maximum atomic E-state index is 6.38. The molecule has 0 bridgehead atoms. The van der Waals surface area contributed by atoms with Crippen LogP contribution in [-0.2, 0) is 14.2 Å². The van der Waals surface area contributed by atoms with Gasteiger partial charge in [0.15, 0.2) is 0 Å². The summed E-state index contributed by atoms with van der Waals surface area (Å²) in [7, 11) is 0. The molecule has 224 valence electrons. The second-order valence-electron chi connectivity index (χ2n) is 10.4. The molecule has 0 heterocycles. The number of hydrogen-bond acceptors (Lipinski definition) is 7. The summed E-state index contributed by atoms with van der Waals surface area (Å²) in [6, 6.07) is 0. The molecule has 7 nitrogen and oxygen atoms in total. The Balaban J connectivity index is 5.08. The van der Waals surface area contributed by atoms with Gasteiger partial charge in [0.1, 0.15) is 18.7 Å². The zero-order valence-electron chi connectivity index (χ0n) is 26.5. The molecule has 0 aromatic carbocycles. The molecule has 0 aliphatic heterocycles. The van der Waals surface area contributed by atoms with E-state index in [0.29, 0.717) is 0 Å². The summed E-state index contributed by atoms with van der Waals surface area (Å²) in [5, 5.41) is 0. The molecule has 7 heteroatoms. The lowest BCUT2D eigenvalue weighted by Crippen LogP contribution is -2.50. The monoisotopic (exact) mass is 531 g/mol. The summed E-state index contributed by atoms with van der Waals surface area (Å²) in [5.74, 6) is 0. The first-order chi connectivity index (χ1) is 17.9. The molecule has 0 aliphatic carbocycles. The van der Waals surface area contributed by atoms with Gasteiger partial charge in [-0.15, -0.1) is 0 Å². The van der Waals surface area contributed by atoms with Crippen LogP contribution in [0.15, 0.2) is 0 Å². The van der Waals surface area contributed by atoms with Crippen LogP contribution in [0, 0.1) is 0 Å². The van der Waals surface area contributed by atoms with Crippen molar-refractivity contribution in [3.05, 3.63) is 0 Å².